The van der Waals surface area contributed by atoms with Gasteiger partial charge < -0.3 is 0 Å². The normalized spacial score (nSPS) is 11.1. The molecule has 2 heteroatoms. The average molecular weight is 498 g/mol. The van der Waals surface area contributed by atoms with Gasteiger partial charge in [-0.25, -0.2) is 0 Å². The Morgan fingerprint density at radius 3 is 0.846 bits per heavy atom. The third-order valence-electron chi connectivity index (χ3n) is 5.48. The number of rotatable bonds is 21. The van der Waals surface area contributed by atoms with E-state index >= 15 is 0 Å². The molecule has 158 valence electrons. The van der Waals surface area contributed by atoms with Crippen molar-refractivity contribution in [3.05, 3.63) is 0 Å². The quantitative estimate of drug-likeness (QED) is 0.0841. The smallest absolute Gasteiger partial charge is 0 e. The average Bonchev–Trinajstić information content (AvgIpc) is 2.63. The summed E-state index contributed by atoms with van der Waals surface area (Å²) in [6, 6.07) is 0. The first-order valence-corrected chi connectivity index (χ1v) is 14.0. The summed E-state index contributed by atoms with van der Waals surface area (Å²) in [6.07, 6.45) is 31.2. The third kappa shape index (κ3) is 23.3. The molecular weight excluding hydrogens is 447 g/mol. The van der Waals surface area contributed by atoms with Gasteiger partial charge in [0.15, 0.2) is 0 Å². The van der Waals surface area contributed by atoms with Gasteiger partial charge in [0.25, 0.3) is 0 Å². The van der Waals surface area contributed by atoms with Gasteiger partial charge >= 0.3 is 0 Å². The third-order valence-corrected chi connectivity index (χ3v) is 8.33. The Morgan fingerprint density at radius 1 is 0.346 bits per heavy atom. The van der Waals surface area contributed by atoms with Gasteiger partial charge in [0.2, 0.25) is 0 Å². The van der Waals surface area contributed by atoms with Crippen LogP contribution < -0.4 is 0 Å². The predicted molar refractivity (Wildman–Crippen MR) is 127 cm³/mol. The summed E-state index contributed by atoms with van der Waals surface area (Å²) < 4.78 is 0. The largest absolute Gasteiger partial charge is 0.107 e. The van der Waals surface area contributed by atoms with E-state index in [4.69, 9.17) is 0 Å². The molecular formula is C24H51PTe. The van der Waals surface area contributed by atoms with Crippen molar-refractivity contribution >= 4 is 31.6 Å². The van der Waals surface area contributed by atoms with Crippen LogP contribution in [-0.4, -0.2) is 42.2 Å². The van der Waals surface area contributed by atoms with Crippen molar-refractivity contribution in [1.29, 1.82) is 0 Å². The van der Waals surface area contributed by atoms with Crippen molar-refractivity contribution in [3.63, 3.8) is 0 Å². The van der Waals surface area contributed by atoms with Gasteiger partial charge in [0.1, 0.15) is 0 Å². The number of unbranched alkanes of at least 4 members (excludes halogenated alkanes) is 15. The zero-order valence-electron chi connectivity index (χ0n) is 18.7. The molecule has 0 N–H and O–H groups in total. The Labute approximate surface area is 185 Å². The van der Waals surface area contributed by atoms with E-state index in [-0.39, 0.29) is 23.7 Å². The minimum atomic E-state index is 0. The molecule has 0 heterocycles. The molecule has 0 saturated heterocycles. The second-order valence-electron chi connectivity index (χ2n) is 8.14. The molecule has 0 spiro atoms. The molecule has 0 fully saturated rings. The summed E-state index contributed by atoms with van der Waals surface area (Å²) >= 11 is 0. The fourth-order valence-corrected chi connectivity index (χ4v) is 6.37. The monoisotopic (exact) mass is 500 g/mol. The summed E-state index contributed by atoms with van der Waals surface area (Å²) in [4.78, 5) is 0. The van der Waals surface area contributed by atoms with Crippen LogP contribution in [0.3, 0.4) is 0 Å². The first-order chi connectivity index (χ1) is 12.3. The summed E-state index contributed by atoms with van der Waals surface area (Å²) in [7, 11) is 0.366. The van der Waals surface area contributed by atoms with Crippen LogP contribution in [-0.2, 0) is 0 Å². The van der Waals surface area contributed by atoms with E-state index in [2.05, 4.69) is 20.8 Å². The standard InChI is InChI=1S/C24H51P.Te/c1-4-7-10-13-16-19-22-25(23-20-17-14-11-8-5-2)24-21-18-15-12-9-6-3;/h4-24H2,1-3H3;. The Morgan fingerprint density at radius 2 is 0.577 bits per heavy atom. The minimum Gasteiger partial charge on any atom is -0.107 e. The van der Waals surface area contributed by atoms with Gasteiger partial charge in [0.05, 0.1) is 0 Å². The first-order valence-electron chi connectivity index (χ1n) is 12.1. The maximum Gasteiger partial charge on any atom is 0 e. The van der Waals surface area contributed by atoms with Crippen molar-refractivity contribution in [2.24, 2.45) is 0 Å². The van der Waals surface area contributed by atoms with E-state index in [1.165, 1.54) is 116 Å². The second kappa shape index (κ2) is 26.2. The molecule has 0 aliphatic heterocycles. The van der Waals surface area contributed by atoms with Crippen LogP contribution in [0.1, 0.15) is 136 Å². The maximum absolute atomic E-state index is 2.32. The molecule has 0 aliphatic carbocycles. The van der Waals surface area contributed by atoms with Crippen LogP contribution >= 0.6 is 7.92 Å². The number of hydrogen-bond acceptors (Lipinski definition) is 0. The number of hydrogen-bond donors (Lipinski definition) is 0. The van der Waals surface area contributed by atoms with Crippen LogP contribution in [0.25, 0.3) is 0 Å². The first kappa shape index (κ1) is 29.4. The molecule has 0 saturated carbocycles. The molecule has 0 amide bonds. The van der Waals surface area contributed by atoms with Crippen molar-refractivity contribution in [3.8, 4) is 0 Å². The van der Waals surface area contributed by atoms with Gasteiger partial charge in [-0.15, -0.1) is 7.92 Å². The zero-order valence-corrected chi connectivity index (χ0v) is 21.9. The van der Waals surface area contributed by atoms with Crippen molar-refractivity contribution in [1.82, 2.24) is 0 Å². The van der Waals surface area contributed by atoms with Gasteiger partial charge in [-0.3, -0.25) is 0 Å². The fourth-order valence-electron chi connectivity index (χ4n) is 3.68. The van der Waals surface area contributed by atoms with E-state index in [0.717, 1.165) is 0 Å². The molecule has 0 aromatic carbocycles. The van der Waals surface area contributed by atoms with Crippen LogP contribution in [0.15, 0.2) is 0 Å². The Balaban J connectivity index is 0. The molecule has 0 nitrogen and oxygen atoms in total. The fraction of sp³-hybridized carbons (Fsp3) is 1.00. The van der Waals surface area contributed by atoms with Crippen molar-refractivity contribution in [2.45, 2.75) is 136 Å². The van der Waals surface area contributed by atoms with Gasteiger partial charge in [-0.2, -0.15) is 0 Å². The minimum absolute atomic E-state index is 0. The van der Waals surface area contributed by atoms with Crippen LogP contribution in [0.5, 0.6) is 0 Å². The molecule has 0 bridgehead atoms. The van der Waals surface area contributed by atoms with Crippen molar-refractivity contribution in [2.75, 3.05) is 18.5 Å². The SMILES string of the molecule is CCCCCCCCP(CCCCCCCC)CCCCCCCC.[Te]. The van der Waals surface area contributed by atoms with Crippen LogP contribution in [0.2, 0.25) is 0 Å². The Kier molecular flexibility index (Phi) is 29.7. The molecule has 0 unspecified atom stereocenters. The topological polar surface area (TPSA) is 0 Å². The van der Waals surface area contributed by atoms with E-state index in [1.54, 1.807) is 18.5 Å². The predicted octanol–water partition coefficient (Wildman–Crippen LogP) is 9.17. The van der Waals surface area contributed by atoms with E-state index in [1.807, 2.05) is 0 Å². The summed E-state index contributed by atoms with van der Waals surface area (Å²) in [5.41, 5.74) is 0. The van der Waals surface area contributed by atoms with Crippen LogP contribution in [0.4, 0.5) is 0 Å². The maximum atomic E-state index is 2.32. The zero-order chi connectivity index (χ0) is 18.4. The summed E-state index contributed by atoms with van der Waals surface area (Å²) in [5, 5.41) is 0. The van der Waals surface area contributed by atoms with E-state index in [0.29, 0.717) is 7.92 Å². The second-order valence-corrected chi connectivity index (χ2v) is 10.8. The molecule has 0 aromatic rings. The molecule has 0 rings (SSSR count). The molecule has 0 aromatic heterocycles. The summed E-state index contributed by atoms with van der Waals surface area (Å²) in [6.45, 7) is 6.96. The van der Waals surface area contributed by atoms with Crippen molar-refractivity contribution < 1.29 is 0 Å². The molecule has 0 atom stereocenters. The molecule has 2 radical (unpaired) electrons. The van der Waals surface area contributed by atoms with Crippen LogP contribution in [0, 0.1) is 0 Å². The van der Waals surface area contributed by atoms with Gasteiger partial charge in [-0.1, -0.05) is 117 Å². The summed E-state index contributed by atoms with van der Waals surface area (Å²) in [5.74, 6) is 0. The molecule has 0 aliphatic rings. The Bertz CT molecular complexity index is 194. The van der Waals surface area contributed by atoms with E-state index in [9.17, 15) is 0 Å². The molecule has 26 heavy (non-hydrogen) atoms. The van der Waals surface area contributed by atoms with E-state index < -0.39 is 0 Å². The van der Waals surface area contributed by atoms with Gasteiger partial charge in [0, 0.05) is 23.7 Å². The van der Waals surface area contributed by atoms with Gasteiger partial charge in [-0.05, 0) is 37.7 Å². The Hall–Kier alpha value is 1.22.